The lowest BCUT2D eigenvalue weighted by Crippen LogP contribution is -2.32. The van der Waals surface area contributed by atoms with E-state index in [1.165, 1.54) is 0 Å². The van der Waals surface area contributed by atoms with E-state index < -0.39 is 0 Å². The van der Waals surface area contributed by atoms with Crippen LogP contribution < -0.4 is 0 Å². The molecule has 0 aromatic heterocycles. The topological polar surface area (TPSA) is 29.5 Å². The van der Waals surface area contributed by atoms with Gasteiger partial charge in [0.25, 0.3) is 0 Å². The SMILES string of the molecule is CC(C)C1CC2C(O)CCCC2O1. The Kier molecular flexibility index (Phi) is 2.61. The van der Waals surface area contributed by atoms with Gasteiger partial charge >= 0.3 is 0 Å². The Balaban J connectivity index is 2.00. The molecular weight excluding hydrogens is 164 g/mol. The lowest BCUT2D eigenvalue weighted by atomic mass is 9.82. The van der Waals surface area contributed by atoms with Crippen LogP contribution in [0.4, 0.5) is 0 Å². The average molecular weight is 184 g/mol. The summed E-state index contributed by atoms with van der Waals surface area (Å²) in [7, 11) is 0. The van der Waals surface area contributed by atoms with E-state index in [4.69, 9.17) is 4.74 Å². The van der Waals surface area contributed by atoms with Crippen molar-refractivity contribution in [1.29, 1.82) is 0 Å². The van der Waals surface area contributed by atoms with Crippen molar-refractivity contribution in [2.24, 2.45) is 11.8 Å². The molecule has 0 bridgehead atoms. The first-order valence-electron chi connectivity index (χ1n) is 5.52. The first-order valence-corrected chi connectivity index (χ1v) is 5.52. The summed E-state index contributed by atoms with van der Waals surface area (Å²) in [6, 6.07) is 0. The summed E-state index contributed by atoms with van der Waals surface area (Å²) in [5, 5.41) is 9.80. The molecule has 1 aliphatic heterocycles. The van der Waals surface area contributed by atoms with Crippen LogP contribution in [-0.4, -0.2) is 23.4 Å². The van der Waals surface area contributed by atoms with Crippen LogP contribution in [0.15, 0.2) is 0 Å². The molecule has 2 rings (SSSR count). The maximum absolute atomic E-state index is 9.80. The number of fused-ring (bicyclic) bond motifs is 1. The molecule has 2 aliphatic rings. The number of rotatable bonds is 1. The molecular formula is C11H20O2. The van der Waals surface area contributed by atoms with Gasteiger partial charge in [-0.05, 0) is 31.6 Å². The van der Waals surface area contributed by atoms with Gasteiger partial charge in [0.2, 0.25) is 0 Å². The third kappa shape index (κ3) is 1.75. The third-order valence-corrected chi connectivity index (χ3v) is 3.56. The van der Waals surface area contributed by atoms with E-state index in [1.807, 2.05) is 0 Å². The highest BCUT2D eigenvalue weighted by Gasteiger charge is 2.42. The van der Waals surface area contributed by atoms with Gasteiger partial charge in [-0.3, -0.25) is 0 Å². The van der Waals surface area contributed by atoms with E-state index in [9.17, 15) is 5.11 Å². The van der Waals surface area contributed by atoms with Crippen molar-refractivity contribution in [2.45, 2.75) is 57.8 Å². The normalized spacial score (nSPS) is 45.2. The van der Waals surface area contributed by atoms with Gasteiger partial charge in [-0.2, -0.15) is 0 Å². The molecule has 4 atom stereocenters. The quantitative estimate of drug-likeness (QED) is 0.675. The Hall–Kier alpha value is -0.0800. The monoisotopic (exact) mass is 184 g/mol. The minimum absolute atomic E-state index is 0.0949. The van der Waals surface area contributed by atoms with E-state index in [1.54, 1.807) is 0 Å². The van der Waals surface area contributed by atoms with Crippen molar-refractivity contribution in [1.82, 2.24) is 0 Å². The minimum atomic E-state index is -0.0949. The summed E-state index contributed by atoms with van der Waals surface area (Å²) in [5.74, 6) is 1.03. The third-order valence-electron chi connectivity index (χ3n) is 3.56. The fourth-order valence-corrected chi connectivity index (χ4v) is 2.66. The van der Waals surface area contributed by atoms with Crippen molar-refractivity contribution in [3.8, 4) is 0 Å². The summed E-state index contributed by atoms with van der Waals surface area (Å²) in [6.07, 6.45) is 5.00. The van der Waals surface area contributed by atoms with Gasteiger partial charge in [0, 0.05) is 5.92 Å². The number of ether oxygens (including phenoxy) is 1. The van der Waals surface area contributed by atoms with E-state index in [-0.39, 0.29) is 6.10 Å². The summed E-state index contributed by atoms with van der Waals surface area (Å²) in [6.45, 7) is 4.41. The summed E-state index contributed by atoms with van der Waals surface area (Å²) >= 11 is 0. The molecule has 4 unspecified atom stereocenters. The Morgan fingerprint density at radius 1 is 1.31 bits per heavy atom. The van der Waals surface area contributed by atoms with E-state index in [0.717, 1.165) is 25.7 Å². The van der Waals surface area contributed by atoms with Crippen LogP contribution in [0, 0.1) is 11.8 Å². The zero-order valence-electron chi connectivity index (χ0n) is 8.57. The largest absolute Gasteiger partial charge is 0.393 e. The zero-order valence-corrected chi connectivity index (χ0v) is 8.57. The number of aliphatic hydroxyl groups excluding tert-OH is 1. The van der Waals surface area contributed by atoms with Crippen molar-refractivity contribution in [3.05, 3.63) is 0 Å². The van der Waals surface area contributed by atoms with Crippen LogP contribution in [0.1, 0.15) is 39.5 Å². The molecule has 76 valence electrons. The molecule has 1 aliphatic carbocycles. The van der Waals surface area contributed by atoms with Crippen LogP contribution in [0.2, 0.25) is 0 Å². The highest BCUT2D eigenvalue weighted by molar-refractivity contribution is 4.91. The van der Waals surface area contributed by atoms with E-state index in [0.29, 0.717) is 24.0 Å². The highest BCUT2D eigenvalue weighted by atomic mass is 16.5. The Bertz CT molecular complexity index is 179. The van der Waals surface area contributed by atoms with Gasteiger partial charge in [-0.15, -0.1) is 0 Å². The highest BCUT2D eigenvalue weighted by Crippen LogP contribution is 2.39. The molecule has 1 heterocycles. The molecule has 13 heavy (non-hydrogen) atoms. The van der Waals surface area contributed by atoms with E-state index in [2.05, 4.69) is 13.8 Å². The maximum Gasteiger partial charge on any atom is 0.0632 e. The van der Waals surface area contributed by atoms with Gasteiger partial charge in [-0.25, -0.2) is 0 Å². The Morgan fingerprint density at radius 2 is 2.08 bits per heavy atom. The predicted octanol–water partition coefficient (Wildman–Crippen LogP) is 1.96. The van der Waals surface area contributed by atoms with E-state index >= 15 is 0 Å². The molecule has 0 spiro atoms. The fourth-order valence-electron chi connectivity index (χ4n) is 2.66. The fraction of sp³-hybridized carbons (Fsp3) is 1.00. The van der Waals surface area contributed by atoms with Crippen molar-refractivity contribution < 1.29 is 9.84 Å². The van der Waals surface area contributed by atoms with Crippen molar-refractivity contribution in [2.75, 3.05) is 0 Å². The van der Waals surface area contributed by atoms with Gasteiger partial charge in [0.05, 0.1) is 18.3 Å². The average Bonchev–Trinajstić information content (AvgIpc) is 2.49. The number of hydrogen-bond acceptors (Lipinski definition) is 2. The van der Waals surface area contributed by atoms with Crippen LogP contribution in [0.25, 0.3) is 0 Å². The standard InChI is InChI=1S/C11H20O2/c1-7(2)11-6-8-9(12)4-3-5-10(8)13-11/h7-12H,3-6H2,1-2H3. The molecule has 2 nitrogen and oxygen atoms in total. The molecule has 1 saturated heterocycles. The van der Waals surface area contributed by atoms with Gasteiger partial charge in [0.1, 0.15) is 0 Å². The molecule has 1 saturated carbocycles. The summed E-state index contributed by atoms with van der Waals surface area (Å²) < 4.78 is 5.94. The van der Waals surface area contributed by atoms with Crippen LogP contribution >= 0.6 is 0 Å². The first kappa shape index (κ1) is 9.47. The molecule has 0 aromatic carbocycles. The second-order valence-corrected chi connectivity index (χ2v) is 4.85. The molecule has 0 aromatic rings. The molecule has 0 radical (unpaired) electrons. The predicted molar refractivity (Wildman–Crippen MR) is 51.5 cm³/mol. The van der Waals surface area contributed by atoms with Crippen molar-refractivity contribution >= 4 is 0 Å². The second kappa shape index (κ2) is 3.58. The van der Waals surface area contributed by atoms with Gasteiger partial charge in [0.15, 0.2) is 0 Å². The number of aliphatic hydroxyl groups is 1. The van der Waals surface area contributed by atoms with Crippen LogP contribution in [-0.2, 0) is 4.74 Å². The summed E-state index contributed by atoms with van der Waals surface area (Å²) in [5.41, 5.74) is 0. The second-order valence-electron chi connectivity index (χ2n) is 4.85. The van der Waals surface area contributed by atoms with Crippen LogP contribution in [0.3, 0.4) is 0 Å². The first-order chi connectivity index (χ1) is 6.18. The smallest absolute Gasteiger partial charge is 0.0632 e. The lowest BCUT2D eigenvalue weighted by molar-refractivity contribution is -0.0307. The van der Waals surface area contributed by atoms with Crippen molar-refractivity contribution in [3.63, 3.8) is 0 Å². The molecule has 1 N–H and O–H groups in total. The molecule has 2 heteroatoms. The minimum Gasteiger partial charge on any atom is -0.393 e. The molecule has 2 fully saturated rings. The molecule has 0 amide bonds. The van der Waals surface area contributed by atoms with Gasteiger partial charge < -0.3 is 9.84 Å². The zero-order chi connectivity index (χ0) is 9.42. The maximum atomic E-state index is 9.80. The van der Waals surface area contributed by atoms with Gasteiger partial charge in [-0.1, -0.05) is 13.8 Å². The summed E-state index contributed by atoms with van der Waals surface area (Å²) in [4.78, 5) is 0. The Labute approximate surface area is 80.3 Å². The lowest BCUT2D eigenvalue weighted by Gasteiger charge is -2.28. The van der Waals surface area contributed by atoms with Crippen LogP contribution in [0.5, 0.6) is 0 Å². The Morgan fingerprint density at radius 3 is 2.69 bits per heavy atom. The number of hydrogen-bond donors (Lipinski definition) is 1.